The molecule has 1 unspecified atom stereocenters. The minimum absolute atomic E-state index is 0.472. The molecule has 2 N–H and O–H groups in total. The second-order valence-corrected chi connectivity index (χ2v) is 4.98. The third-order valence-electron chi connectivity index (χ3n) is 3.13. The molecule has 2 nitrogen and oxygen atoms in total. The maximum atomic E-state index is 5.79. The third kappa shape index (κ3) is 2.86. The van der Waals surface area contributed by atoms with Crippen LogP contribution in [0.2, 0.25) is 0 Å². The van der Waals surface area contributed by atoms with Crippen LogP contribution in [-0.4, -0.2) is 42.1 Å². The zero-order valence-corrected chi connectivity index (χ0v) is 9.81. The summed E-state index contributed by atoms with van der Waals surface area (Å²) in [4.78, 5) is 2.53. The Morgan fingerprint density at radius 1 is 1.54 bits per heavy atom. The average molecular weight is 202 g/mol. The van der Waals surface area contributed by atoms with Crippen LogP contribution in [0, 0.1) is 0 Å². The quantitative estimate of drug-likeness (QED) is 0.733. The zero-order valence-electron chi connectivity index (χ0n) is 8.99. The first-order chi connectivity index (χ1) is 6.19. The number of thioether (sulfide) groups is 1. The summed E-state index contributed by atoms with van der Waals surface area (Å²) in [5, 5.41) is 0. The molecule has 3 heteroatoms. The van der Waals surface area contributed by atoms with E-state index in [0.29, 0.717) is 6.04 Å². The topological polar surface area (TPSA) is 29.3 Å². The van der Waals surface area contributed by atoms with Crippen molar-refractivity contribution in [1.29, 1.82) is 0 Å². The molecule has 1 aliphatic carbocycles. The standard InChI is InChI=1S/C10H22N2S/c1-4-9(7-13-3)12(2)10-5-8(11)6-10/h8-10H,4-7,11H2,1-3H3. The van der Waals surface area contributed by atoms with E-state index in [9.17, 15) is 0 Å². The molecule has 0 amide bonds. The van der Waals surface area contributed by atoms with Gasteiger partial charge in [-0.05, 0) is 32.6 Å². The van der Waals surface area contributed by atoms with Crippen molar-refractivity contribution >= 4 is 11.8 Å². The third-order valence-corrected chi connectivity index (χ3v) is 3.85. The number of hydrogen-bond acceptors (Lipinski definition) is 3. The average Bonchev–Trinajstić information content (AvgIpc) is 2.08. The van der Waals surface area contributed by atoms with E-state index in [-0.39, 0.29) is 0 Å². The Bertz CT molecular complexity index is 146. The molecule has 1 atom stereocenters. The largest absolute Gasteiger partial charge is 0.328 e. The Balaban J connectivity index is 2.31. The van der Waals surface area contributed by atoms with Gasteiger partial charge in [-0.2, -0.15) is 11.8 Å². The Labute approximate surface area is 86.2 Å². The molecule has 13 heavy (non-hydrogen) atoms. The summed E-state index contributed by atoms with van der Waals surface area (Å²) in [6.45, 7) is 2.27. The van der Waals surface area contributed by atoms with Crippen LogP contribution in [-0.2, 0) is 0 Å². The van der Waals surface area contributed by atoms with E-state index in [1.54, 1.807) is 0 Å². The van der Waals surface area contributed by atoms with Gasteiger partial charge in [0.2, 0.25) is 0 Å². The lowest BCUT2D eigenvalue weighted by molar-refractivity contribution is 0.102. The molecule has 0 bridgehead atoms. The molecular weight excluding hydrogens is 180 g/mol. The number of hydrogen-bond donors (Lipinski definition) is 1. The summed E-state index contributed by atoms with van der Waals surface area (Å²) in [5.74, 6) is 1.25. The molecule has 78 valence electrons. The molecule has 1 rings (SSSR count). The van der Waals surface area contributed by atoms with Crippen molar-refractivity contribution in [3.8, 4) is 0 Å². The fourth-order valence-electron chi connectivity index (χ4n) is 1.98. The van der Waals surface area contributed by atoms with Crippen LogP contribution >= 0.6 is 11.8 Å². The van der Waals surface area contributed by atoms with Crippen molar-refractivity contribution < 1.29 is 0 Å². The predicted molar refractivity (Wildman–Crippen MR) is 61.2 cm³/mol. The van der Waals surface area contributed by atoms with Gasteiger partial charge in [0.05, 0.1) is 0 Å². The fraction of sp³-hybridized carbons (Fsp3) is 1.00. The van der Waals surface area contributed by atoms with Gasteiger partial charge in [-0.15, -0.1) is 0 Å². The summed E-state index contributed by atoms with van der Waals surface area (Å²) < 4.78 is 0. The van der Waals surface area contributed by atoms with Gasteiger partial charge in [0.15, 0.2) is 0 Å². The highest BCUT2D eigenvalue weighted by Crippen LogP contribution is 2.25. The first-order valence-corrected chi connectivity index (χ1v) is 6.54. The first kappa shape index (κ1) is 11.3. The van der Waals surface area contributed by atoms with Gasteiger partial charge in [-0.1, -0.05) is 6.92 Å². The summed E-state index contributed by atoms with van der Waals surface area (Å²) in [6.07, 6.45) is 5.83. The molecule has 1 saturated carbocycles. The Morgan fingerprint density at radius 3 is 2.54 bits per heavy atom. The molecule has 0 aromatic rings. The van der Waals surface area contributed by atoms with Crippen LogP contribution in [0.3, 0.4) is 0 Å². The van der Waals surface area contributed by atoms with E-state index in [2.05, 4.69) is 25.1 Å². The molecule has 0 aromatic heterocycles. The zero-order chi connectivity index (χ0) is 9.84. The van der Waals surface area contributed by atoms with Crippen molar-refractivity contribution in [2.45, 2.75) is 44.3 Å². The van der Waals surface area contributed by atoms with Gasteiger partial charge >= 0.3 is 0 Å². The molecule has 0 radical (unpaired) electrons. The second kappa shape index (κ2) is 5.23. The van der Waals surface area contributed by atoms with E-state index in [1.165, 1.54) is 25.0 Å². The van der Waals surface area contributed by atoms with Crippen LogP contribution < -0.4 is 5.73 Å². The first-order valence-electron chi connectivity index (χ1n) is 5.15. The van der Waals surface area contributed by atoms with E-state index in [0.717, 1.165) is 12.1 Å². The summed E-state index contributed by atoms with van der Waals surface area (Å²) in [7, 11) is 2.25. The monoisotopic (exact) mass is 202 g/mol. The van der Waals surface area contributed by atoms with E-state index < -0.39 is 0 Å². The van der Waals surface area contributed by atoms with Gasteiger partial charge in [0, 0.05) is 23.9 Å². The van der Waals surface area contributed by atoms with Crippen molar-refractivity contribution in [2.75, 3.05) is 19.1 Å². The molecule has 1 fully saturated rings. The highest BCUT2D eigenvalue weighted by Gasteiger charge is 2.31. The van der Waals surface area contributed by atoms with Crippen molar-refractivity contribution in [1.82, 2.24) is 4.90 Å². The van der Waals surface area contributed by atoms with Crippen LogP contribution in [0.4, 0.5) is 0 Å². The number of nitrogens with zero attached hydrogens (tertiary/aromatic N) is 1. The minimum Gasteiger partial charge on any atom is -0.328 e. The van der Waals surface area contributed by atoms with Gasteiger partial charge in [-0.25, -0.2) is 0 Å². The number of rotatable bonds is 5. The molecular formula is C10H22N2S. The normalized spacial score (nSPS) is 30.2. The Hall–Kier alpha value is 0.270. The van der Waals surface area contributed by atoms with E-state index >= 15 is 0 Å². The summed E-state index contributed by atoms with van der Waals surface area (Å²) in [5.41, 5.74) is 5.79. The SMILES string of the molecule is CCC(CSC)N(C)C1CC(N)C1. The van der Waals surface area contributed by atoms with Crippen molar-refractivity contribution in [3.63, 3.8) is 0 Å². The van der Waals surface area contributed by atoms with Crippen molar-refractivity contribution in [2.24, 2.45) is 5.73 Å². The number of nitrogens with two attached hydrogens (primary N) is 1. The fourth-order valence-corrected chi connectivity index (χ4v) is 2.83. The van der Waals surface area contributed by atoms with Crippen LogP contribution in [0.15, 0.2) is 0 Å². The molecule has 1 aliphatic rings. The van der Waals surface area contributed by atoms with E-state index in [4.69, 9.17) is 5.73 Å². The Morgan fingerprint density at radius 2 is 2.15 bits per heavy atom. The van der Waals surface area contributed by atoms with Gasteiger partial charge < -0.3 is 5.73 Å². The summed E-state index contributed by atoms with van der Waals surface area (Å²) in [6, 6.07) is 1.97. The van der Waals surface area contributed by atoms with Crippen molar-refractivity contribution in [3.05, 3.63) is 0 Å². The highest BCUT2D eigenvalue weighted by atomic mass is 32.2. The smallest absolute Gasteiger partial charge is 0.0183 e. The van der Waals surface area contributed by atoms with Crippen LogP contribution in [0.25, 0.3) is 0 Å². The van der Waals surface area contributed by atoms with Crippen LogP contribution in [0.1, 0.15) is 26.2 Å². The molecule has 0 aliphatic heterocycles. The van der Waals surface area contributed by atoms with Gasteiger partial charge in [-0.3, -0.25) is 4.90 Å². The van der Waals surface area contributed by atoms with Gasteiger partial charge in [0.1, 0.15) is 0 Å². The molecule has 0 spiro atoms. The summed E-state index contributed by atoms with van der Waals surface area (Å²) >= 11 is 1.94. The minimum atomic E-state index is 0.472. The predicted octanol–water partition coefficient (Wildman–Crippen LogP) is 1.55. The molecule has 0 heterocycles. The maximum Gasteiger partial charge on any atom is 0.0183 e. The van der Waals surface area contributed by atoms with Crippen LogP contribution in [0.5, 0.6) is 0 Å². The van der Waals surface area contributed by atoms with E-state index in [1.807, 2.05) is 11.8 Å². The lowest BCUT2D eigenvalue weighted by atomic mass is 9.86. The second-order valence-electron chi connectivity index (χ2n) is 4.07. The molecule has 0 saturated heterocycles. The lowest BCUT2D eigenvalue weighted by Gasteiger charge is -2.43. The lowest BCUT2D eigenvalue weighted by Crippen LogP contribution is -2.52. The Kier molecular flexibility index (Phi) is 4.56. The maximum absolute atomic E-state index is 5.79. The van der Waals surface area contributed by atoms with Gasteiger partial charge in [0.25, 0.3) is 0 Å². The highest BCUT2D eigenvalue weighted by molar-refractivity contribution is 7.98. The molecule has 0 aromatic carbocycles.